The Morgan fingerprint density at radius 2 is 1.56 bits per heavy atom. The number of carboxylic acids is 2. The number of ketones is 1. The van der Waals surface area contributed by atoms with Crippen LogP contribution in [0.1, 0.15) is 108 Å². The van der Waals surface area contributed by atoms with Gasteiger partial charge in [-0.3, -0.25) is 48.2 Å². The fourth-order valence-electron chi connectivity index (χ4n) is 17.3. The van der Waals surface area contributed by atoms with E-state index in [0.717, 1.165) is 71.3 Å². The molecule has 13 rings (SSSR count). The van der Waals surface area contributed by atoms with E-state index in [1.807, 2.05) is 40.8 Å². The minimum absolute atomic E-state index is 0.0908. The molecule has 33 nitrogen and oxygen atoms in total. The largest absolute Gasteiger partial charge is 0.496 e. The topological polar surface area (TPSA) is 454 Å². The van der Waals surface area contributed by atoms with Crippen LogP contribution in [-0.2, 0) is 77.3 Å². The molecule has 3 aromatic carbocycles. The van der Waals surface area contributed by atoms with Crippen LogP contribution in [0.2, 0.25) is 0 Å². The summed E-state index contributed by atoms with van der Waals surface area (Å²) in [5.41, 5.74) is 3.71. The van der Waals surface area contributed by atoms with E-state index in [1.54, 1.807) is 37.6 Å². The number of pyridine rings is 1. The number of thiazole rings is 1. The number of hydrogen-bond acceptors (Lipinski definition) is 25. The van der Waals surface area contributed by atoms with Gasteiger partial charge in [0.1, 0.15) is 42.2 Å². The molecule has 5 fully saturated rings. The number of anilines is 3. The number of nitrogens with zero attached hydrogens (tertiary/aromatic N) is 7. The molecule has 6 heterocycles. The number of aromatic carboxylic acids is 1. The second-order valence-electron chi connectivity index (χ2n) is 29.7. The van der Waals surface area contributed by atoms with Gasteiger partial charge < -0.3 is 74.4 Å². The first kappa shape index (κ1) is 79.4. The van der Waals surface area contributed by atoms with Crippen LogP contribution in [0.4, 0.5) is 21.4 Å². The minimum Gasteiger partial charge on any atom is -0.496 e. The first-order valence-corrected chi connectivity index (χ1v) is 38.1. The molecule has 6 aromatic rings. The average Bonchev–Trinajstić information content (AvgIpc) is 0.792. The third-order valence-corrected chi connectivity index (χ3v) is 22.7. The zero-order valence-electron chi connectivity index (χ0n) is 60.9. The zero-order valence-corrected chi connectivity index (χ0v) is 62.5. The number of carboxylic acid groups (broad SMARTS) is 2. The number of Topliss-reactive ketones (excluding diaryl/α,β-unsaturated/α-hetero) is 1. The van der Waals surface area contributed by atoms with Gasteiger partial charge in [0.25, 0.3) is 27.8 Å². The summed E-state index contributed by atoms with van der Waals surface area (Å²) >= 11 is 1.38. The summed E-state index contributed by atoms with van der Waals surface area (Å²) in [5.74, 6) is -9.76. The normalized spacial score (nSPS) is 24.3. The van der Waals surface area contributed by atoms with Gasteiger partial charge in [0.05, 0.1) is 66.2 Å². The van der Waals surface area contributed by atoms with Crippen LogP contribution >= 0.6 is 11.3 Å². The van der Waals surface area contributed by atoms with Gasteiger partial charge in [-0.25, -0.2) is 24.4 Å². The fourth-order valence-corrected chi connectivity index (χ4v) is 18.9. The molecule has 3 aromatic heterocycles. The number of rotatable bonds is 32. The van der Waals surface area contributed by atoms with E-state index in [4.69, 9.17) is 38.5 Å². The van der Waals surface area contributed by atoms with Gasteiger partial charge in [-0.15, -0.1) is 0 Å². The minimum atomic E-state index is -4.87. The maximum Gasteiger partial charge on any atom is 0.410 e. The van der Waals surface area contributed by atoms with E-state index in [1.165, 1.54) is 53.7 Å². The number of aliphatic hydroxyl groups excluding tert-OH is 3. The van der Waals surface area contributed by atoms with Crippen molar-refractivity contribution in [1.29, 1.82) is 0 Å². The summed E-state index contributed by atoms with van der Waals surface area (Å²) in [6, 6.07) is 18.8. The summed E-state index contributed by atoms with van der Waals surface area (Å²) in [6.45, 7) is 6.95. The van der Waals surface area contributed by atoms with Gasteiger partial charge in [0.15, 0.2) is 22.7 Å². The number of carbonyl (C=O) groups is 9. The first-order valence-electron chi connectivity index (χ1n) is 35.7. The van der Waals surface area contributed by atoms with E-state index in [0.29, 0.717) is 69.8 Å². The van der Waals surface area contributed by atoms with Gasteiger partial charge >= 0.3 is 18.0 Å². The van der Waals surface area contributed by atoms with Crippen molar-refractivity contribution in [2.45, 2.75) is 128 Å². The van der Waals surface area contributed by atoms with Gasteiger partial charge in [-0.05, 0) is 134 Å². The van der Waals surface area contributed by atoms with Crippen molar-refractivity contribution >= 4 is 108 Å². The van der Waals surface area contributed by atoms with E-state index in [-0.39, 0.29) is 78.7 Å². The molecule has 7 aliphatic rings. The number of imide groups is 1. The molecule has 110 heavy (non-hydrogen) atoms. The molecule has 2 unspecified atom stereocenters. The molecule has 35 heteroatoms. The van der Waals surface area contributed by atoms with Gasteiger partial charge in [-0.2, -0.15) is 13.5 Å². The monoisotopic (exact) mass is 1560 g/mol. The quantitative estimate of drug-likeness (QED) is 0.0188. The molecule has 4 aliphatic carbocycles. The van der Waals surface area contributed by atoms with Crippen molar-refractivity contribution in [3.05, 3.63) is 125 Å². The second-order valence-corrected chi connectivity index (χ2v) is 32.2. The number of amides is 6. The average molecular weight is 1560 g/mol. The number of methoxy groups -OCH3 is 2. The van der Waals surface area contributed by atoms with E-state index in [9.17, 15) is 81.7 Å². The lowest BCUT2D eigenvalue weighted by atomic mass is 9.39. The van der Waals surface area contributed by atoms with E-state index >= 15 is 0 Å². The predicted octanol–water partition coefficient (Wildman–Crippen LogP) is 5.42. The molecule has 3 aliphatic heterocycles. The van der Waals surface area contributed by atoms with Crippen LogP contribution in [0.15, 0.2) is 91.2 Å². The number of aliphatic carboxylic acids is 1. The molecule has 6 amide bonds. The lowest BCUT2D eigenvalue weighted by molar-refractivity contribution is -0.271. The second kappa shape index (κ2) is 32.4. The van der Waals surface area contributed by atoms with Crippen LogP contribution < -0.4 is 30.3 Å². The number of aromatic nitrogens is 4. The van der Waals surface area contributed by atoms with Crippen LogP contribution in [0.25, 0.3) is 27.4 Å². The van der Waals surface area contributed by atoms with Crippen LogP contribution in [0, 0.1) is 29.1 Å². The summed E-state index contributed by atoms with van der Waals surface area (Å²) in [5, 5.41) is 65.4. The molecule has 9 N–H and O–H groups in total. The Kier molecular flexibility index (Phi) is 23.4. The van der Waals surface area contributed by atoms with Crippen LogP contribution in [0.5, 0.6) is 11.5 Å². The standard InChI is InChI=1S/C75H86N10O23S2/c1-42-49(47-14-17-56(80-60(47)67(95)96)83-23-21-46-50(33-83)48(13-16-53(46)104-5)66(94)81-70-79-51-10-6-7-11-55(51)109-70)31-77-85(42)41-74-36-72(2)35-73(3,37-74)39-75(38-72,40-74)106-28-25-82(24-27-103-4)71(99)105-26-8-9-43-12-15-54(107-69-63(92)61(90)62(91)64(108-69)68(97)98)52(29-43)78-57(87)20-22-76-65(93)44(34-110(100,101)102)30-45(86)32-84-58(88)18-19-59(84)89/h6-19,29,31,44,61-64,69,90-92H,20-28,30,32-41H2,1-5H3,(H,76,93)(H,78,87)(H,95,96)(H,97,98)(H,79,81,94)(H,100,101,102)/b9-8+/t44-,61-,62-,63+,64-,69+,72?,73?,74?,75?/m0/s1. The number of nitrogens with one attached hydrogen (secondary N) is 3. The predicted molar refractivity (Wildman–Crippen MR) is 394 cm³/mol. The maximum absolute atomic E-state index is 14.0. The Labute approximate surface area is 635 Å². The number of hydrogen-bond donors (Lipinski definition) is 9. The van der Waals surface area contributed by atoms with Crippen molar-refractivity contribution in [2.75, 3.05) is 88.1 Å². The Hall–Kier alpha value is -10.1. The lowest BCUT2D eigenvalue weighted by Crippen LogP contribution is -2.64. The fraction of sp³-hybridized carbons (Fsp3) is 0.467. The molecular formula is C75H86N10O23S2. The molecule has 1 saturated heterocycles. The van der Waals surface area contributed by atoms with Crippen molar-refractivity contribution in [1.82, 2.24) is 34.9 Å². The van der Waals surface area contributed by atoms with Crippen LogP contribution in [0.3, 0.4) is 0 Å². The van der Waals surface area contributed by atoms with E-state index in [2.05, 4.69) is 34.8 Å². The number of aliphatic hydroxyl groups is 3. The van der Waals surface area contributed by atoms with Gasteiger partial charge in [0, 0.05) is 99.3 Å². The molecule has 0 radical (unpaired) electrons. The molecule has 586 valence electrons. The number of fused-ring (bicyclic) bond motifs is 2. The maximum atomic E-state index is 14.0. The number of carbonyl (C=O) groups excluding carboxylic acids is 7. The lowest BCUT2D eigenvalue weighted by Gasteiger charge is -2.69. The van der Waals surface area contributed by atoms with Crippen molar-refractivity contribution in [2.24, 2.45) is 22.2 Å². The highest BCUT2D eigenvalue weighted by Gasteiger charge is 2.66. The molecule has 4 saturated carbocycles. The third kappa shape index (κ3) is 17.9. The summed E-state index contributed by atoms with van der Waals surface area (Å²) in [7, 11) is -1.78. The molecule has 8 atom stereocenters. The highest BCUT2D eigenvalue weighted by molar-refractivity contribution is 7.85. The number of para-hydroxylation sites is 1. The summed E-state index contributed by atoms with van der Waals surface area (Å²) in [6.07, 6.45) is 0.0706. The van der Waals surface area contributed by atoms with Crippen molar-refractivity contribution in [3.8, 4) is 22.6 Å². The Morgan fingerprint density at radius 3 is 2.26 bits per heavy atom. The van der Waals surface area contributed by atoms with Gasteiger partial charge in [-0.1, -0.05) is 49.5 Å². The highest BCUT2D eigenvalue weighted by Crippen LogP contribution is 2.72. The number of benzene rings is 3. The molecule has 0 spiro atoms. The van der Waals surface area contributed by atoms with Crippen molar-refractivity contribution < 1.29 is 110 Å². The Bertz CT molecular complexity index is 4720. The highest BCUT2D eigenvalue weighted by atomic mass is 32.2. The first-order chi connectivity index (χ1) is 52.2. The Morgan fingerprint density at radius 1 is 0.836 bits per heavy atom. The SMILES string of the molecule is COCCN(CCOC12CC3(C)CC(C)(CC(Cn4ncc(-c5ccc(N6CCc7c(OC)ccc(C(=O)Nc8nc9ccccc9s8)c7C6)nc5C(=O)O)c4C)(C3)C1)C2)C(=O)OC/C=C/c1ccc(O[C@@H]2O[C@H](C(=O)O)[C@@H](O)[C@H](O)[C@H]2O)c(NC(=O)CCNC(=O)[C@@H](CC(=O)CN2C(=O)C=CC2=O)CS(=O)(=O)O)c1. The Balaban J connectivity index is 0.684. The van der Waals surface area contributed by atoms with E-state index < -0.39 is 131 Å². The summed E-state index contributed by atoms with van der Waals surface area (Å²) in [4.78, 5) is 130. The van der Waals surface area contributed by atoms with Crippen LogP contribution in [-0.4, -0.2) is 230 Å². The summed E-state index contributed by atoms with van der Waals surface area (Å²) < 4.78 is 71.3. The molecule has 4 bridgehead atoms. The third-order valence-electron chi connectivity index (χ3n) is 21.0. The van der Waals surface area contributed by atoms with Crippen molar-refractivity contribution in [3.63, 3.8) is 0 Å². The smallest absolute Gasteiger partial charge is 0.410 e. The molecular weight excluding hydrogens is 1470 g/mol. The number of ether oxygens (including phenoxy) is 6. The zero-order chi connectivity index (χ0) is 78.8. The van der Waals surface area contributed by atoms with Gasteiger partial charge in [0.2, 0.25) is 18.1 Å².